The van der Waals surface area contributed by atoms with E-state index >= 15 is 0 Å². The number of rotatable bonds is 3. The number of fused-ring (bicyclic) bond motifs is 1. The highest BCUT2D eigenvalue weighted by molar-refractivity contribution is 6.18. The van der Waals surface area contributed by atoms with Gasteiger partial charge in [0.25, 0.3) is 0 Å². The number of urea groups is 1. The monoisotopic (exact) mass is 239 g/mol. The van der Waals surface area contributed by atoms with Crippen molar-refractivity contribution in [1.29, 1.82) is 0 Å². The zero-order chi connectivity index (χ0) is 11.4. The van der Waals surface area contributed by atoms with Crippen LogP contribution in [0.15, 0.2) is 24.3 Å². The number of carbonyl (C=O) groups excluding carboxylic acids is 1. The second-order valence-electron chi connectivity index (χ2n) is 3.68. The molecule has 2 amide bonds. The fourth-order valence-corrected chi connectivity index (χ4v) is 1.85. The van der Waals surface area contributed by atoms with Gasteiger partial charge in [0, 0.05) is 25.5 Å². The van der Waals surface area contributed by atoms with E-state index in [1.54, 1.807) is 0 Å². The standard InChI is InChI=1S/C11H14ClN3O/c12-5-6-13-11(16)14-15-7-9-3-1-2-4-10(9)8-15/h1-4H,5-8H2,(H2,13,14,16). The topological polar surface area (TPSA) is 44.4 Å². The number of carbonyl (C=O) groups is 1. The first-order valence-electron chi connectivity index (χ1n) is 5.22. The van der Waals surface area contributed by atoms with E-state index in [-0.39, 0.29) is 6.03 Å². The van der Waals surface area contributed by atoms with Gasteiger partial charge >= 0.3 is 6.03 Å². The normalized spacial score (nSPS) is 14.6. The predicted octanol–water partition coefficient (Wildman–Crippen LogP) is 1.46. The molecule has 1 aromatic rings. The Morgan fingerprint density at radius 2 is 1.94 bits per heavy atom. The van der Waals surface area contributed by atoms with Crippen LogP contribution < -0.4 is 10.7 Å². The fourth-order valence-electron chi connectivity index (χ4n) is 1.76. The Morgan fingerprint density at radius 1 is 1.31 bits per heavy atom. The van der Waals surface area contributed by atoms with Crippen LogP contribution in [0.25, 0.3) is 0 Å². The number of halogens is 1. The van der Waals surface area contributed by atoms with Crippen molar-refractivity contribution < 1.29 is 4.79 Å². The van der Waals surface area contributed by atoms with E-state index in [2.05, 4.69) is 22.9 Å². The first-order valence-corrected chi connectivity index (χ1v) is 5.75. The van der Waals surface area contributed by atoms with E-state index in [1.165, 1.54) is 11.1 Å². The summed E-state index contributed by atoms with van der Waals surface area (Å²) in [7, 11) is 0. The minimum Gasteiger partial charge on any atom is -0.336 e. The third-order valence-electron chi connectivity index (χ3n) is 2.48. The maximum absolute atomic E-state index is 11.4. The number of nitrogens with zero attached hydrogens (tertiary/aromatic N) is 1. The molecule has 0 aliphatic carbocycles. The summed E-state index contributed by atoms with van der Waals surface area (Å²) in [4.78, 5) is 11.4. The molecular formula is C11H14ClN3O. The summed E-state index contributed by atoms with van der Waals surface area (Å²) >= 11 is 5.48. The van der Waals surface area contributed by atoms with Crippen LogP contribution in [-0.2, 0) is 13.1 Å². The SMILES string of the molecule is O=C(NCCCl)NN1Cc2ccccc2C1. The molecule has 0 aromatic heterocycles. The van der Waals surface area contributed by atoms with E-state index in [9.17, 15) is 4.79 Å². The van der Waals surface area contributed by atoms with Crippen LogP contribution in [-0.4, -0.2) is 23.5 Å². The molecule has 1 aromatic carbocycles. The first-order chi connectivity index (χ1) is 7.79. The number of alkyl halides is 1. The Kier molecular flexibility index (Phi) is 3.64. The maximum Gasteiger partial charge on any atom is 0.329 e. The second-order valence-corrected chi connectivity index (χ2v) is 4.06. The number of nitrogens with one attached hydrogen (secondary N) is 2. The van der Waals surface area contributed by atoms with Gasteiger partial charge < -0.3 is 5.32 Å². The molecule has 0 radical (unpaired) electrons. The average Bonchev–Trinajstić information content (AvgIpc) is 2.68. The molecule has 86 valence electrons. The lowest BCUT2D eigenvalue weighted by Gasteiger charge is -2.16. The molecule has 2 rings (SSSR count). The Bertz CT molecular complexity index is 358. The van der Waals surface area contributed by atoms with Gasteiger partial charge in [0.05, 0.1) is 0 Å². The molecule has 0 spiro atoms. The summed E-state index contributed by atoms with van der Waals surface area (Å²) < 4.78 is 0. The molecule has 5 heteroatoms. The highest BCUT2D eigenvalue weighted by Gasteiger charge is 2.19. The molecular weight excluding hydrogens is 226 g/mol. The molecule has 1 aliphatic rings. The summed E-state index contributed by atoms with van der Waals surface area (Å²) in [5.74, 6) is 0.424. The van der Waals surface area contributed by atoms with Crippen molar-refractivity contribution in [1.82, 2.24) is 15.8 Å². The molecule has 2 N–H and O–H groups in total. The van der Waals surface area contributed by atoms with Crippen LogP contribution in [0.2, 0.25) is 0 Å². The summed E-state index contributed by atoms with van der Waals surface area (Å²) in [6.07, 6.45) is 0. The van der Waals surface area contributed by atoms with Crippen molar-refractivity contribution in [2.45, 2.75) is 13.1 Å². The maximum atomic E-state index is 11.4. The van der Waals surface area contributed by atoms with Crippen LogP contribution >= 0.6 is 11.6 Å². The van der Waals surface area contributed by atoms with Gasteiger partial charge in [-0.2, -0.15) is 0 Å². The molecule has 0 unspecified atom stereocenters. The molecule has 0 saturated heterocycles. The van der Waals surface area contributed by atoms with Crippen LogP contribution in [0.1, 0.15) is 11.1 Å². The van der Waals surface area contributed by atoms with Crippen molar-refractivity contribution in [3.05, 3.63) is 35.4 Å². The summed E-state index contributed by atoms with van der Waals surface area (Å²) in [5, 5.41) is 4.55. The van der Waals surface area contributed by atoms with Gasteiger partial charge in [0.2, 0.25) is 0 Å². The van der Waals surface area contributed by atoms with Crippen molar-refractivity contribution in [2.75, 3.05) is 12.4 Å². The van der Waals surface area contributed by atoms with Gasteiger partial charge in [-0.15, -0.1) is 11.6 Å². The minimum absolute atomic E-state index is 0.201. The van der Waals surface area contributed by atoms with Crippen LogP contribution in [0.5, 0.6) is 0 Å². The lowest BCUT2D eigenvalue weighted by atomic mass is 10.1. The Morgan fingerprint density at radius 3 is 2.50 bits per heavy atom. The van der Waals surface area contributed by atoms with E-state index in [1.807, 2.05) is 17.1 Å². The van der Waals surface area contributed by atoms with E-state index in [0.29, 0.717) is 12.4 Å². The molecule has 1 heterocycles. The summed E-state index contributed by atoms with van der Waals surface area (Å²) in [6, 6.07) is 7.97. The molecule has 0 bridgehead atoms. The van der Waals surface area contributed by atoms with E-state index in [4.69, 9.17) is 11.6 Å². The van der Waals surface area contributed by atoms with Crippen molar-refractivity contribution >= 4 is 17.6 Å². The number of benzene rings is 1. The molecule has 1 aliphatic heterocycles. The van der Waals surface area contributed by atoms with Crippen LogP contribution in [0.3, 0.4) is 0 Å². The summed E-state index contributed by atoms with van der Waals surface area (Å²) in [5.41, 5.74) is 5.31. The molecule has 0 atom stereocenters. The lowest BCUT2D eigenvalue weighted by molar-refractivity contribution is 0.177. The van der Waals surface area contributed by atoms with Crippen LogP contribution in [0, 0.1) is 0 Å². The summed E-state index contributed by atoms with van der Waals surface area (Å²) in [6.45, 7) is 1.99. The predicted molar refractivity (Wildman–Crippen MR) is 62.9 cm³/mol. The van der Waals surface area contributed by atoms with Crippen LogP contribution in [0.4, 0.5) is 4.79 Å². The van der Waals surface area contributed by atoms with Gasteiger partial charge in [-0.05, 0) is 11.1 Å². The zero-order valence-corrected chi connectivity index (χ0v) is 9.63. The molecule has 4 nitrogen and oxygen atoms in total. The Labute approximate surface area is 99.5 Å². The highest BCUT2D eigenvalue weighted by Crippen LogP contribution is 2.19. The zero-order valence-electron chi connectivity index (χ0n) is 8.87. The molecule has 0 fully saturated rings. The largest absolute Gasteiger partial charge is 0.336 e. The van der Waals surface area contributed by atoms with E-state index in [0.717, 1.165) is 13.1 Å². The van der Waals surface area contributed by atoms with Crippen molar-refractivity contribution in [2.24, 2.45) is 0 Å². The van der Waals surface area contributed by atoms with Gasteiger partial charge in [0.15, 0.2) is 0 Å². The average molecular weight is 240 g/mol. The minimum atomic E-state index is -0.201. The number of hydrogen-bond donors (Lipinski definition) is 2. The Balaban J connectivity index is 1.85. The number of amides is 2. The van der Waals surface area contributed by atoms with Gasteiger partial charge in [-0.1, -0.05) is 24.3 Å². The molecule has 0 saturated carbocycles. The number of hydrogen-bond acceptors (Lipinski definition) is 2. The first kappa shape index (κ1) is 11.2. The quantitative estimate of drug-likeness (QED) is 0.785. The van der Waals surface area contributed by atoms with E-state index < -0.39 is 0 Å². The lowest BCUT2D eigenvalue weighted by Crippen LogP contribution is -2.45. The smallest absolute Gasteiger partial charge is 0.329 e. The fraction of sp³-hybridized carbons (Fsp3) is 0.364. The number of hydrazine groups is 1. The second kappa shape index (κ2) is 5.18. The highest BCUT2D eigenvalue weighted by atomic mass is 35.5. The Hall–Kier alpha value is -1.26. The molecule has 16 heavy (non-hydrogen) atoms. The van der Waals surface area contributed by atoms with Crippen molar-refractivity contribution in [3.8, 4) is 0 Å². The van der Waals surface area contributed by atoms with Gasteiger partial charge in [-0.25, -0.2) is 9.80 Å². The van der Waals surface area contributed by atoms with Gasteiger partial charge in [-0.3, -0.25) is 5.43 Å². The third-order valence-corrected chi connectivity index (χ3v) is 2.67. The van der Waals surface area contributed by atoms with Crippen molar-refractivity contribution in [3.63, 3.8) is 0 Å². The van der Waals surface area contributed by atoms with Gasteiger partial charge in [0.1, 0.15) is 0 Å². The third kappa shape index (κ3) is 2.65.